The lowest BCUT2D eigenvalue weighted by atomic mass is 10.1. The molecule has 0 aliphatic rings. The van der Waals surface area contributed by atoms with Crippen molar-refractivity contribution >= 4 is 17.9 Å². The van der Waals surface area contributed by atoms with E-state index in [1.54, 1.807) is 0 Å². The SMILES string of the molecule is CCCCC/C=C\C/C=C\CCCCCCCCCC(=O)OC[C@H](COC(=O)CCCCCCCCC/C=C\CCCCCC)OC(=O)CCCCCCCCC/C=C\CCCCCCCC. The zero-order chi connectivity index (χ0) is 48.6. The molecule has 0 unspecified atom stereocenters. The molecule has 0 radical (unpaired) electrons. The highest BCUT2D eigenvalue weighted by molar-refractivity contribution is 5.71. The minimum absolute atomic E-state index is 0.0781. The van der Waals surface area contributed by atoms with Gasteiger partial charge in [0, 0.05) is 19.3 Å². The first-order valence-corrected chi connectivity index (χ1v) is 29.1. The summed E-state index contributed by atoms with van der Waals surface area (Å²) in [4.78, 5) is 38.2. The van der Waals surface area contributed by atoms with Gasteiger partial charge in [-0.25, -0.2) is 0 Å². The highest BCUT2D eigenvalue weighted by Crippen LogP contribution is 2.15. The molecule has 0 fully saturated rings. The van der Waals surface area contributed by atoms with Gasteiger partial charge in [0.05, 0.1) is 0 Å². The minimum atomic E-state index is -0.780. The topological polar surface area (TPSA) is 78.9 Å². The van der Waals surface area contributed by atoms with Crippen molar-refractivity contribution in [1.82, 2.24) is 0 Å². The average molecular weight is 940 g/mol. The molecule has 0 aromatic rings. The van der Waals surface area contributed by atoms with Gasteiger partial charge in [-0.3, -0.25) is 14.4 Å². The number of unbranched alkanes of at least 4 members (excludes halogenated alkanes) is 34. The molecular weight excluding hydrogens is 829 g/mol. The Bertz CT molecular complexity index is 1170. The van der Waals surface area contributed by atoms with E-state index in [0.29, 0.717) is 19.3 Å². The molecule has 390 valence electrons. The smallest absolute Gasteiger partial charge is 0.306 e. The molecular formula is C61H110O6. The minimum Gasteiger partial charge on any atom is -0.462 e. The van der Waals surface area contributed by atoms with Crippen LogP contribution in [0.15, 0.2) is 48.6 Å². The lowest BCUT2D eigenvalue weighted by Gasteiger charge is -2.18. The maximum Gasteiger partial charge on any atom is 0.306 e. The van der Waals surface area contributed by atoms with Gasteiger partial charge in [0.25, 0.3) is 0 Å². The molecule has 0 aliphatic carbocycles. The standard InChI is InChI=1S/C61H110O6/c1-4-7-10-13-16-19-22-25-28-30-33-36-39-42-45-48-51-54-60(63)66-57-58(56-65-59(62)53-50-47-44-41-38-35-32-27-24-21-18-15-12-9-6-3)67-61(64)55-52-49-46-43-40-37-34-31-29-26-23-20-17-14-11-8-5-2/h16,19,21,24-26,28-29,58H,4-15,17-18,20,22-23,27,30-57H2,1-3H3/b19-16-,24-21-,28-25-,29-26-/t58-/m0/s1. The Morgan fingerprint density at radius 2 is 0.537 bits per heavy atom. The number of esters is 3. The van der Waals surface area contributed by atoms with Crippen LogP contribution in [0.25, 0.3) is 0 Å². The van der Waals surface area contributed by atoms with Gasteiger partial charge in [-0.15, -0.1) is 0 Å². The highest BCUT2D eigenvalue weighted by Gasteiger charge is 2.19. The molecule has 0 aromatic heterocycles. The van der Waals surface area contributed by atoms with Crippen molar-refractivity contribution in [2.45, 2.75) is 309 Å². The predicted octanol–water partition coefficient (Wildman–Crippen LogP) is 19.4. The van der Waals surface area contributed by atoms with Crippen molar-refractivity contribution in [1.29, 1.82) is 0 Å². The average Bonchev–Trinajstić information content (AvgIpc) is 3.33. The number of hydrogen-bond acceptors (Lipinski definition) is 6. The van der Waals surface area contributed by atoms with E-state index in [1.165, 1.54) is 193 Å². The molecule has 6 nitrogen and oxygen atoms in total. The van der Waals surface area contributed by atoms with Crippen molar-refractivity contribution in [2.75, 3.05) is 13.2 Å². The van der Waals surface area contributed by atoms with Crippen LogP contribution in [-0.4, -0.2) is 37.2 Å². The van der Waals surface area contributed by atoms with Gasteiger partial charge in [-0.05, 0) is 103 Å². The number of carbonyl (C=O) groups excluding carboxylic acids is 3. The van der Waals surface area contributed by atoms with Crippen LogP contribution < -0.4 is 0 Å². The van der Waals surface area contributed by atoms with E-state index >= 15 is 0 Å². The summed E-state index contributed by atoms with van der Waals surface area (Å²) < 4.78 is 16.9. The van der Waals surface area contributed by atoms with E-state index in [-0.39, 0.29) is 31.1 Å². The van der Waals surface area contributed by atoms with Crippen LogP contribution in [0.2, 0.25) is 0 Å². The normalized spacial score (nSPS) is 12.3. The van der Waals surface area contributed by atoms with E-state index in [9.17, 15) is 14.4 Å². The lowest BCUT2D eigenvalue weighted by Crippen LogP contribution is -2.30. The second-order valence-corrected chi connectivity index (χ2v) is 19.5. The predicted molar refractivity (Wildman–Crippen MR) is 289 cm³/mol. The van der Waals surface area contributed by atoms with Crippen molar-refractivity contribution in [3.63, 3.8) is 0 Å². The third-order valence-corrected chi connectivity index (χ3v) is 12.8. The molecule has 0 amide bonds. The quantitative estimate of drug-likeness (QED) is 0.0262. The molecule has 0 rings (SSSR count). The molecule has 6 heteroatoms. The van der Waals surface area contributed by atoms with E-state index in [0.717, 1.165) is 70.6 Å². The van der Waals surface area contributed by atoms with Crippen molar-refractivity contribution < 1.29 is 28.6 Å². The van der Waals surface area contributed by atoms with Gasteiger partial charge in [0.15, 0.2) is 6.10 Å². The van der Waals surface area contributed by atoms with Crippen LogP contribution in [0.5, 0.6) is 0 Å². The number of hydrogen-bond donors (Lipinski definition) is 0. The summed E-state index contributed by atoms with van der Waals surface area (Å²) in [7, 11) is 0. The number of allylic oxidation sites excluding steroid dienone is 8. The molecule has 0 saturated heterocycles. The maximum absolute atomic E-state index is 12.9. The fourth-order valence-corrected chi connectivity index (χ4v) is 8.35. The van der Waals surface area contributed by atoms with Crippen LogP contribution in [0.1, 0.15) is 303 Å². The first-order chi connectivity index (χ1) is 33.0. The Hall–Kier alpha value is -2.63. The molecule has 0 aromatic carbocycles. The summed E-state index contributed by atoms with van der Waals surface area (Å²) in [5.41, 5.74) is 0. The van der Waals surface area contributed by atoms with Gasteiger partial charge in [-0.2, -0.15) is 0 Å². The van der Waals surface area contributed by atoms with Crippen LogP contribution in [0.4, 0.5) is 0 Å². The summed E-state index contributed by atoms with van der Waals surface area (Å²) in [6.45, 7) is 6.62. The van der Waals surface area contributed by atoms with E-state index in [2.05, 4.69) is 69.4 Å². The number of rotatable bonds is 53. The summed E-state index contributed by atoms with van der Waals surface area (Å²) >= 11 is 0. The fraction of sp³-hybridized carbons (Fsp3) is 0.820. The molecule has 0 aliphatic heterocycles. The van der Waals surface area contributed by atoms with Gasteiger partial charge in [-0.1, -0.05) is 230 Å². The molecule has 1 atom stereocenters. The van der Waals surface area contributed by atoms with Crippen LogP contribution in [0, 0.1) is 0 Å². The first kappa shape index (κ1) is 64.4. The van der Waals surface area contributed by atoms with Gasteiger partial charge < -0.3 is 14.2 Å². The molecule has 67 heavy (non-hydrogen) atoms. The molecule has 0 bridgehead atoms. The molecule has 0 spiro atoms. The Labute approximate surface area is 416 Å². The van der Waals surface area contributed by atoms with Gasteiger partial charge >= 0.3 is 17.9 Å². The monoisotopic (exact) mass is 939 g/mol. The summed E-state index contributed by atoms with van der Waals surface area (Å²) in [5.74, 6) is -0.881. The maximum atomic E-state index is 12.9. The van der Waals surface area contributed by atoms with Crippen LogP contribution in [0.3, 0.4) is 0 Å². The van der Waals surface area contributed by atoms with E-state index in [1.807, 2.05) is 0 Å². The zero-order valence-corrected chi connectivity index (χ0v) is 44.7. The highest BCUT2D eigenvalue weighted by atomic mass is 16.6. The van der Waals surface area contributed by atoms with Crippen molar-refractivity contribution in [3.8, 4) is 0 Å². The Morgan fingerprint density at radius 3 is 0.881 bits per heavy atom. The molecule has 0 saturated carbocycles. The summed E-state index contributed by atoms with van der Waals surface area (Å²) in [6.07, 6.45) is 68.1. The van der Waals surface area contributed by atoms with Crippen LogP contribution >= 0.6 is 0 Å². The Kier molecular flexibility index (Phi) is 53.8. The fourth-order valence-electron chi connectivity index (χ4n) is 8.35. The third kappa shape index (κ3) is 54.2. The second kappa shape index (κ2) is 56.0. The van der Waals surface area contributed by atoms with Crippen molar-refractivity contribution in [3.05, 3.63) is 48.6 Å². The number of ether oxygens (including phenoxy) is 3. The molecule has 0 N–H and O–H groups in total. The number of carbonyl (C=O) groups is 3. The first-order valence-electron chi connectivity index (χ1n) is 29.1. The zero-order valence-electron chi connectivity index (χ0n) is 44.7. The summed E-state index contributed by atoms with van der Waals surface area (Å²) in [5, 5.41) is 0. The second-order valence-electron chi connectivity index (χ2n) is 19.5. The largest absolute Gasteiger partial charge is 0.462 e. The summed E-state index contributed by atoms with van der Waals surface area (Å²) in [6, 6.07) is 0. The van der Waals surface area contributed by atoms with Crippen molar-refractivity contribution in [2.24, 2.45) is 0 Å². The van der Waals surface area contributed by atoms with E-state index < -0.39 is 6.10 Å². The van der Waals surface area contributed by atoms with Gasteiger partial charge in [0.2, 0.25) is 0 Å². The van der Waals surface area contributed by atoms with E-state index in [4.69, 9.17) is 14.2 Å². The van der Waals surface area contributed by atoms with Crippen LogP contribution in [-0.2, 0) is 28.6 Å². The lowest BCUT2D eigenvalue weighted by molar-refractivity contribution is -0.167. The third-order valence-electron chi connectivity index (χ3n) is 12.8. The Morgan fingerprint density at radius 1 is 0.299 bits per heavy atom. The molecule has 0 heterocycles. The Balaban J connectivity index is 4.38. The van der Waals surface area contributed by atoms with Gasteiger partial charge in [0.1, 0.15) is 13.2 Å².